The molecule has 2 aliphatic rings. The lowest BCUT2D eigenvalue weighted by Crippen LogP contribution is -2.50. The number of pyridine rings is 1. The second-order valence-corrected chi connectivity index (χ2v) is 9.12. The van der Waals surface area contributed by atoms with Crippen molar-refractivity contribution in [3.05, 3.63) is 64.1 Å². The number of rotatable bonds is 2. The summed E-state index contributed by atoms with van der Waals surface area (Å²) in [4.78, 5) is 39.6. The van der Waals surface area contributed by atoms with E-state index in [1.807, 2.05) is 32.9 Å². The van der Waals surface area contributed by atoms with Crippen LogP contribution >= 0.6 is 0 Å². The average Bonchev–Trinajstić information content (AvgIpc) is 2.68. The number of benzene rings is 1. The van der Waals surface area contributed by atoms with Gasteiger partial charge in [0.25, 0.3) is 11.5 Å². The molecule has 7 nitrogen and oxygen atoms in total. The number of amides is 2. The van der Waals surface area contributed by atoms with Crippen molar-refractivity contribution in [2.24, 2.45) is 5.92 Å². The van der Waals surface area contributed by atoms with Gasteiger partial charge in [0.1, 0.15) is 5.60 Å². The van der Waals surface area contributed by atoms with Crippen LogP contribution in [-0.2, 0) is 11.3 Å². The highest BCUT2D eigenvalue weighted by atomic mass is 16.6. The summed E-state index contributed by atoms with van der Waals surface area (Å²) in [6.07, 6.45) is 0.594. The Morgan fingerprint density at radius 3 is 2.50 bits per heavy atom. The van der Waals surface area contributed by atoms with Crippen LogP contribution in [0.4, 0.5) is 10.5 Å². The Morgan fingerprint density at radius 2 is 1.80 bits per heavy atom. The average molecular weight is 409 g/mol. The number of fused-ring (bicyclic) bond motifs is 4. The van der Waals surface area contributed by atoms with Crippen LogP contribution in [0.5, 0.6) is 0 Å². The topological polar surface area (TPSA) is 80.6 Å². The molecule has 7 heteroatoms. The predicted molar refractivity (Wildman–Crippen MR) is 114 cm³/mol. The first-order valence-electron chi connectivity index (χ1n) is 10.3. The van der Waals surface area contributed by atoms with Crippen molar-refractivity contribution in [3.8, 4) is 0 Å². The Balaban J connectivity index is 1.57. The molecule has 1 N–H and O–H groups in total. The highest BCUT2D eigenvalue weighted by Gasteiger charge is 2.38. The Morgan fingerprint density at radius 1 is 1.07 bits per heavy atom. The molecule has 2 aromatic rings. The molecular formula is C23H27N3O4. The minimum Gasteiger partial charge on any atom is -0.444 e. The molecule has 0 radical (unpaired) electrons. The van der Waals surface area contributed by atoms with E-state index in [0.29, 0.717) is 30.9 Å². The fourth-order valence-electron chi connectivity index (χ4n) is 4.30. The molecule has 1 fully saturated rings. The molecule has 0 aliphatic carbocycles. The number of nitrogens with one attached hydrogen (secondary N) is 1. The molecule has 3 heterocycles. The molecular weight excluding hydrogens is 382 g/mol. The van der Waals surface area contributed by atoms with Crippen LogP contribution in [0.25, 0.3) is 0 Å². The van der Waals surface area contributed by atoms with Crippen molar-refractivity contribution < 1.29 is 14.3 Å². The van der Waals surface area contributed by atoms with E-state index in [1.165, 1.54) is 6.07 Å². The molecule has 158 valence electrons. The van der Waals surface area contributed by atoms with E-state index in [2.05, 4.69) is 5.32 Å². The molecule has 2 aliphatic heterocycles. The van der Waals surface area contributed by atoms with Gasteiger partial charge in [-0.25, -0.2) is 4.79 Å². The summed E-state index contributed by atoms with van der Waals surface area (Å²) in [5, 5.41) is 2.83. The summed E-state index contributed by atoms with van der Waals surface area (Å²) in [5.41, 5.74) is 1.19. The summed E-state index contributed by atoms with van der Waals surface area (Å²) in [6, 6.07) is 12.2. The van der Waals surface area contributed by atoms with Gasteiger partial charge in [0.15, 0.2) is 0 Å². The van der Waals surface area contributed by atoms with Crippen molar-refractivity contribution in [2.75, 3.05) is 18.4 Å². The number of hydrogen-bond donors (Lipinski definition) is 1. The first kappa shape index (κ1) is 20.2. The molecule has 0 spiro atoms. The molecule has 2 bridgehead atoms. The first-order valence-corrected chi connectivity index (χ1v) is 10.3. The standard InChI is InChI=1S/C23H27N3O4/c1-23(2,3)30-22(29)25-12-15-9-17(14-25)19-10-18(11-20(27)26(19)13-15)24-21(28)16-7-5-4-6-8-16/h4-8,10-11,15,17H,9,12-14H2,1-3H3,(H,24,28)/t15?,17-/m0/s1. The van der Waals surface area contributed by atoms with E-state index in [1.54, 1.807) is 33.7 Å². The maximum Gasteiger partial charge on any atom is 0.410 e. The zero-order valence-electron chi connectivity index (χ0n) is 17.6. The highest BCUT2D eigenvalue weighted by Crippen LogP contribution is 2.36. The van der Waals surface area contributed by atoms with Crippen molar-refractivity contribution in [1.82, 2.24) is 9.47 Å². The third-order valence-corrected chi connectivity index (χ3v) is 5.50. The third-order valence-electron chi connectivity index (χ3n) is 5.50. The lowest BCUT2D eigenvalue weighted by molar-refractivity contribution is 0.0102. The first-order chi connectivity index (χ1) is 14.2. The smallest absolute Gasteiger partial charge is 0.410 e. The van der Waals surface area contributed by atoms with E-state index in [-0.39, 0.29) is 29.4 Å². The number of ether oxygens (including phenoxy) is 1. The van der Waals surface area contributed by atoms with E-state index in [0.717, 1.165) is 12.1 Å². The van der Waals surface area contributed by atoms with Gasteiger partial charge >= 0.3 is 6.09 Å². The molecule has 1 saturated heterocycles. The Hall–Kier alpha value is -3.09. The lowest BCUT2D eigenvalue weighted by Gasteiger charge is -2.43. The zero-order valence-corrected chi connectivity index (χ0v) is 17.6. The largest absolute Gasteiger partial charge is 0.444 e. The number of carbonyl (C=O) groups is 2. The number of carbonyl (C=O) groups excluding carboxylic acids is 2. The number of likely N-dealkylation sites (tertiary alicyclic amines) is 1. The van der Waals surface area contributed by atoms with Gasteiger partial charge in [-0.2, -0.15) is 0 Å². The molecule has 2 amide bonds. The number of hydrogen-bond acceptors (Lipinski definition) is 4. The number of anilines is 1. The summed E-state index contributed by atoms with van der Waals surface area (Å²) in [7, 11) is 0. The van der Waals surface area contributed by atoms with Gasteiger partial charge in [0.05, 0.1) is 0 Å². The lowest BCUT2D eigenvalue weighted by atomic mass is 9.83. The van der Waals surface area contributed by atoms with Crippen molar-refractivity contribution in [2.45, 2.75) is 45.3 Å². The van der Waals surface area contributed by atoms with Gasteiger partial charge in [-0.3, -0.25) is 9.59 Å². The molecule has 30 heavy (non-hydrogen) atoms. The van der Waals surface area contributed by atoms with Crippen LogP contribution in [0, 0.1) is 5.92 Å². The van der Waals surface area contributed by atoms with E-state index in [9.17, 15) is 14.4 Å². The predicted octanol–water partition coefficient (Wildman–Crippen LogP) is 3.45. The van der Waals surface area contributed by atoms with Crippen molar-refractivity contribution in [3.63, 3.8) is 0 Å². The summed E-state index contributed by atoms with van der Waals surface area (Å²) in [5.74, 6) is -0.00909. The number of nitrogens with zero attached hydrogens (tertiary/aromatic N) is 2. The second kappa shape index (κ2) is 7.63. The van der Waals surface area contributed by atoms with E-state index in [4.69, 9.17) is 4.74 Å². The van der Waals surface area contributed by atoms with Gasteiger partial charge in [0, 0.05) is 48.6 Å². The summed E-state index contributed by atoms with van der Waals surface area (Å²) < 4.78 is 7.32. The quantitative estimate of drug-likeness (QED) is 0.824. The van der Waals surface area contributed by atoms with Crippen LogP contribution in [-0.4, -0.2) is 40.2 Å². The normalized spacial score (nSPS) is 20.3. The Labute approximate surface area is 175 Å². The molecule has 1 unspecified atom stereocenters. The molecule has 4 rings (SSSR count). The van der Waals surface area contributed by atoms with Gasteiger partial charge in [-0.15, -0.1) is 0 Å². The minimum absolute atomic E-state index is 0.0336. The van der Waals surface area contributed by atoms with Crippen molar-refractivity contribution >= 4 is 17.7 Å². The fraction of sp³-hybridized carbons (Fsp3) is 0.435. The van der Waals surface area contributed by atoms with Crippen LogP contribution in [0.1, 0.15) is 49.2 Å². The van der Waals surface area contributed by atoms with E-state index >= 15 is 0 Å². The highest BCUT2D eigenvalue weighted by molar-refractivity contribution is 6.04. The molecule has 2 atom stereocenters. The number of aromatic nitrogens is 1. The van der Waals surface area contributed by atoms with E-state index < -0.39 is 5.60 Å². The zero-order chi connectivity index (χ0) is 21.5. The molecule has 1 aromatic carbocycles. The van der Waals surface area contributed by atoms with Crippen LogP contribution in [0.3, 0.4) is 0 Å². The minimum atomic E-state index is -0.548. The maximum atomic E-state index is 12.7. The Kier molecular flexibility index (Phi) is 5.13. The summed E-state index contributed by atoms with van der Waals surface area (Å²) in [6.45, 7) is 7.21. The molecule has 0 saturated carbocycles. The van der Waals surface area contributed by atoms with Gasteiger partial charge in [0.2, 0.25) is 0 Å². The SMILES string of the molecule is CC(C)(C)OC(=O)N1CC2C[C@@H](C1)c1cc(NC(=O)c3ccccc3)cc(=O)n1C2. The summed E-state index contributed by atoms with van der Waals surface area (Å²) >= 11 is 0. The Bertz CT molecular complexity index is 1020. The maximum absolute atomic E-state index is 12.7. The second-order valence-electron chi connectivity index (χ2n) is 9.12. The van der Waals surface area contributed by atoms with Gasteiger partial charge in [-0.1, -0.05) is 18.2 Å². The van der Waals surface area contributed by atoms with Crippen LogP contribution in [0.15, 0.2) is 47.3 Å². The van der Waals surface area contributed by atoms with Gasteiger partial charge in [-0.05, 0) is 51.3 Å². The van der Waals surface area contributed by atoms with Gasteiger partial charge < -0.3 is 19.5 Å². The van der Waals surface area contributed by atoms with Crippen molar-refractivity contribution in [1.29, 1.82) is 0 Å². The number of piperidine rings is 1. The fourth-order valence-corrected chi connectivity index (χ4v) is 4.30. The van der Waals surface area contributed by atoms with Crippen LogP contribution < -0.4 is 10.9 Å². The molecule has 1 aromatic heterocycles. The van der Waals surface area contributed by atoms with Crippen LogP contribution in [0.2, 0.25) is 0 Å². The third kappa shape index (κ3) is 4.25. The monoisotopic (exact) mass is 409 g/mol.